The van der Waals surface area contributed by atoms with E-state index in [0.29, 0.717) is 12.1 Å². The standard InChI is InChI=1S/C27H36N4O3/c1-19(2)34-23-13-11-22(12-14-23)25(33)31(28-15-16-32)17-20-7-9-21(10-8-20)24-18-30(6)26(29-24)27(3,4)5/h7-14,18-19,28,32H,15-17H2,1-6H3. The number of carbonyl (C=O) groups is 1. The van der Waals surface area contributed by atoms with E-state index >= 15 is 0 Å². The molecule has 2 N–H and O–H groups in total. The molecule has 0 aliphatic rings. The van der Waals surface area contributed by atoms with E-state index in [9.17, 15) is 9.90 Å². The number of hydrogen-bond acceptors (Lipinski definition) is 5. The van der Waals surface area contributed by atoms with Gasteiger partial charge >= 0.3 is 0 Å². The average molecular weight is 465 g/mol. The van der Waals surface area contributed by atoms with Crippen molar-refractivity contribution in [1.29, 1.82) is 0 Å². The van der Waals surface area contributed by atoms with Crippen LogP contribution >= 0.6 is 0 Å². The number of aryl methyl sites for hydroxylation is 1. The SMILES string of the molecule is CC(C)Oc1ccc(C(=O)N(Cc2ccc(-c3cn(C)c(C(C)(C)C)n3)cc2)NCCO)cc1. The number of ether oxygens (including phenoxy) is 1. The predicted molar refractivity (Wildman–Crippen MR) is 135 cm³/mol. The largest absolute Gasteiger partial charge is 0.491 e. The number of aliphatic hydroxyl groups is 1. The van der Waals surface area contributed by atoms with E-state index in [1.165, 1.54) is 5.01 Å². The summed E-state index contributed by atoms with van der Waals surface area (Å²) in [5.74, 6) is 1.58. The quantitative estimate of drug-likeness (QED) is 0.461. The molecule has 3 rings (SSSR count). The molecule has 0 unspecified atom stereocenters. The predicted octanol–water partition coefficient (Wildman–Crippen LogP) is 4.31. The highest BCUT2D eigenvalue weighted by atomic mass is 16.5. The number of hydrazine groups is 1. The molecule has 7 heteroatoms. The van der Waals surface area contributed by atoms with Crippen LogP contribution in [0.15, 0.2) is 54.7 Å². The van der Waals surface area contributed by atoms with E-state index in [2.05, 4.69) is 30.8 Å². The number of imidazole rings is 1. The molecule has 7 nitrogen and oxygen atoms in total. The fraction of sp³-hybridized carbons (Fsp3) is 0.407. The number of hydrogen-bond donors (Lipinski definition) is 2. The van der Waals surface area contributed by atoms with Crippen molar-refractivity contribution in [3.05, 3.63) is 71.7 Å². The Balaban J connectivity index is 1.75. The molecule has 2 aromatic carbocycles. The van der Waals surface area contributed by atoms with Crippen LogP contribution in [0.25, 0.3) is 11.3 Å². The molecule has 34 heavy (non-hydrogen) atoms. The van der Waals surface area contributed by atoms with Crippen molar-refractivity contribution in [3.8, 4) is 17.0 Å². The fourth-order valence-corrected chi connectivity index (χ4v) is 3.75. The summed E-state index contributed by atoms with van der Waals surface area (Å²) in [6, 6.07) is 15.2. The molecule has 0 saturated heterocycles. The Bertz CT molecular complexity index is 1080. The molecule has 1 amide bonds. The smallest absolute Gasteiger partial charge is 0.268 e. The van der Waals surface area contributed by atoms with E-state index in [4.69, 9.17) is 9.72 Å². The maximum atomic E-state index is 13.1. The lowest BCUT2D eigenvalue weighted by molar-refractivity contribution is 0.0624. The van der Waals surface area contributed by atoms with Crippen LogP contribution in [0.5, 0.6) is 5.75 Å². The topological polar surface area (TPSA) is 79.6 Å². The zero-order chi connectivity index (χ0) is 24.9. The number of nitrogens with zero attached hydrogens (tertiary/aromatic N) is 3. The monoisotopic (exact) mass is 464 g/mol. The van der Waals surface area contributed by atoms with Crippen molar-refractivity contribution in [2.75, 3.05) is 13.2 Å². The first-order valence-corrected chi connectivity index (χ1v) is 11.6. The summed E-state index contributed by atoms with van der Waals surface area (Å²) in [5, 5.41) is 10.8. The lowest BCUT2D eigenvalue weighted by Crippen LogP contribution is -2.43. The van der Waals surface area contributed by atoms with Gasteiger partial charge in [0.2, 0.25) is 0 Å². The van der Waals surface area contributed by atoms with Crippen molar-refractivity contribution < 1.29 is 14.6 Å². The third-order valence-corrected chi connectivity index (χ3v) is 5.27. The molecule has 0 aliphatic heterocycles. The molecule has 3 aromatic rings. The zero-order valence-corrected chi connectivity index (χ0v) is 21.0. The number of amides is 1. The van der Waals surface area contributed by atoms with E-state index in [1.54, 1.807) is 24.3 Å². The second kappa shape index (κ2) is 10.8. The first kappa shape index (κ1) is 25.5. The van der Waals surface area contributed by atoms with E-state index < -0.39 is 0 Å². The van der Waals surface area contributed by atoms with Crippen molar-refractivity contribution in [2.45, 2.75) is 52.7 Å². The maximum absolute atomic E-state index is 13.1. The van der Waals surface area contributed by atoms with Gasteiger partial charge in [-0.1, -0.05) is 45.0 Å². The van der Waals surface area contributed by atoms with Gasteiger partial charge in [-0.2, -0.15) is 0 Å². The van der Waals surface area contributed by atoms with Gasteiger partial charge in [-0.15, -0.1) is 0 Å². The third kappa shape index (κ3) is 6.46. The summed E-state index contributed by atoms with van der Waals surface area (Å²) in [7, 11) is 2.02. The van der Waals surface area contributed by atoms with Crippen LogP contribution in [-0.4, -0.2) is 44.8 Å². The molecule has 0 atom stereocenters. The van der Waals surface area contributed by atoms with Crippen molar-refractivity contribution in [1.82, 2.24) is 20.0 Å². The van der Waals surface area contributed by atoms with Crippen LogP contribution in [-0.2, 0) is 19.0 Å². The molecule has 0 spiro atoms. The van der Waals surface area contributed by atoms with Crippen LogP contribution in [0.1, 0.15) is 56.4 Å². The molecular weight excluding hydrogens is 428 g/mol. The first-order chi connectivity index (χ1) is 16.1. The number of benzene rings is 2. The molecule has 1 aromatic heterocycles. The minimum atomic E-state index is -0.173. The van der Waals surface area contributed by atoms with Crippen molar-refractivity contribution >= 4 is 5.91 Å². The highest BCUT2D eigenvalue weighted by Crippen LogP contribution is 2.26. The van der Waals surface area contributed by atoms with Crippen LogP contribution in [0.3, 0.4) is 0 Å². The van der Waals surface area contributed by atoms with Crippen LogP contribution in [0.2, 0.25) is 0 Å². The van der Waals surface area contributed by atoms with Gasteiger partial charge < -0.3 is 14.4 Å². The number of rotatable bonds is 9. The minimum Gasteiger partial charge on any atom is -0.491 e. The Morgan fingerprint density at radius 1 is 1.12 bits per heavy atom. The zero-order valence-electron chi connectivity index (χ0n) is 21.0. The molecule has 182 valence electrons. The summed E-state index contributed by atoms with van der Waals surface area (Å²) >= 11 is 0. The second-order valence-electron chi connectivity index (χ2n) is 9.72. The van der Waals surface area contributed by atoms with Crippen LogP contribution in [0.4, 0.5) is 0 Å². The van der Waals surface area contributed by atoms with E-state index in [-0.39, 0.29) is 30.6 Å². The summed E-state index contributed by atoms with van der Waals surface area (Å²) < 4.78 is 7.73. The van der Waals surface area contributed by atoms with Crippen LogP contribution in [0, 0.1) is 0 Å². The van der Waals surface area contributed by atoms with Crippen LogP contribution < -0.4 is 10.2 Å². The molecule has 0 aliphatic carbocycles. The Kier molecular flexibility index (Phi) is 8.12. The summed E-state index contributed by atoms with van der Waals surface area (Å²) in [6.07, 6.45) is 2.11. The third-order valence-electron chi connectivity index (χ3n) is 5.27. The van der Waals surface area contributed by atoms with E-state index in [0.717, 1.165) is 28.4 Å². The lowest BCUT2D eigenvalue weighted by atomic mass is 9.96. The van der Waals surface area contributed by atoms with Gasteiger partial charge in [0.15, 0.2) is 0 Å². The van der Waals surface area contributed by atoms with Gasteiger partial charge in [0.1, 0.15) is 11.6 Å². The number of nitrogens with one attached hydrogen (secondary N) is 1. The van der Waals surface area contributed by atoms with Gasteiger partial charge in [-0.05, 0) is 43.7 Å². The first-order valence-electron chi connectivity index (χ1n) is 11.6. The summed E-state index contributed by atoms with van der Waals surface area (Å²) in [4.78, 5) is 18.0. The number of carbonyl (C=O) groups excluding carboxylic acids is 1. The molecule has 1 heterocycles. The van der Waals surface area contributed by atoms with Gasteiger partial charge in [-0.3, -0.25) is 9.80 Å². The van der Waals surface area contributed by atoms with Crippen molar-refractivity contribution in [3.63, 3.8) is 0 Å². The van der Waals surface area contributed by atoms with Gasteiger partial charge in [0, 0.05) is 36.3 Å². The lowest BCUT2D eigenvalue weighted by Gasteiger charge is -2.24. The highest BCUT2D eigenvalue weighted by Gasteiger charge is 2.21. The Morgan fingerprint density at radius 2 is 1.76 bits per heavy atom. The maximum Gasteiger partial charge on any atom is 0.268 e. The molecule has 0 saturated carbocycles. The molecule has 0 fully saturated rings. The van der Waals surface area contributed by atoms with E-state index in [1.807, 2.05) is 51.4 Å². The molecule has 0 bridgehead atoms. The summed E-state index contributed by atoms with van der Waals surface area (Å²) in [6.45, 7) is 10.9. The fourth-order valence-electron chi connectivity index (χ4n) is 3.75. The minimum absolute atomic E-state index is 0.0364. The normalized spacial score (nSPS) is 11.6. The highest BCUT2D eigenvalue weighted by molar-refractivity contribution is 5.94. The second-order valence-corrected chi connectivity index (χ2v) is 9.72. The average Bonchev–Trinajstić information content (AvgIpc) is 3.19. The van der Waals surface area contributed by atoms with Gasteiger partial charge in [0.25, 0.3) is 5.91 Å². The Morgan fingerprint density at radius 3 is 2.29 bits per heavy atom. The van der Waals surface area contributed by atoms with Crippen molar-refractivity contribution in [2.24, 2.45) is 7.05 Å². The molecular formula is C27H36N4O3. The Labute approximate surface area is 202 Å². The number of aromatic nitrogens is 2. The Hall–Kier alpha value is -3.16. The molecule has 0 radical (unpaired) electrons. The van der Waals surface area contributed by atoms with Gasteiger partial charge in [0.05, 0.1) is 24.9 Å². The number of aliphatic hydroxyl groups excluding tert-OH is 1. The summed E-state index contributed by atoms with van der Waals surface area (Å²) in [5.41, 5.74) is 6.45. The van der Waals surface area contributed by atoms with Gasteiger partial charge in [-0.25, -0.2) is 10.4 Å².